The lowest BCUT2D eigenvalue weighted by Gasteiger charge is -2.09. The zero-order valence-corrected chi connectivity index (χ0v) is 9.63. The van der Waals surface area contributed by atoms with Gasteiger partial charge in [-0.15, -0.1) is 11.8 Å². The Balaban J connectivity index is 1.95. The summed E-state index contributed by atoms with van der Waals surface area (Å²) in [6.45, 7) is 0.817. The van der Waals surface area contributed by atoms with Crippen molar-refractivity contribution in [3.8, 4) is 0 Å². The molecule has 2 rings (SSSR count). The van der Waals surface area contributed by atoms with Crippen LogP contribution in [0.4, 0.5) is 4.39 Å². The lowest BCUT2D eigenvalue weighted by atomic mass is 10.2. The van der Waals surface area contributed by atoms with E-state index in [4.69, 9.17) is 4.74 Å². The van der Waals surface area contributed by atoms with E-state index >= 15 is 0 Å². The number of carbonyl (C=O) groups is 1. The number of ether oxygens (including phenoxy) is 1. The molecule has 1 aromatic rings. The third kappa shape index (κ3) is 2.83. The first-order valence-corrected chi connectivity index (χ1v) is 6.27. The first kappa shape index (κ1) is 11.6. The molecule has 1 saturated heterocycles. The minimum absolute atomic E-state index is 0.246. The molecule has 1 aliphatic rings. The topological polar surface area (TPSA) is 26.3 Å². The first-order valence-electron chi connectivity index (χ1n) is 5.29. The minimum atomic E-state index is -0.326. The number of rotatable bonds is 4. The molecule has 0 aromatic heterocycles. The summed E-state index contributed by atoms with van der Waals surface area (Å²) in [5.41, 5.74) is 0.374. The monoisotopic (exact) mass is 240 g/mol. The second kappa shape index (κ2) is 5.46. The van der Waals surface area contributed by atoms with E-state index in [0.29, 0.717) is 16.7 Å². The van der Waals surface area contributed by atoms with E-state index in [2.05, 4.69) is 0 Å². The van der Waals surface area contributed by atoms with Crippen LogP contribution in [0.15, 0.2) is 23.1 Å². The van der Waals surface area contributed by atoms with Gasteiger partial charge in [-0.25, -0.2) is 4.39 Å². The molecule has 1 atom stereocenters. The minimum Gasteiger partial charge on any atom is -0.377 e. The van der Waals surface area contributed by atoms with E-state index in [1.165, 1.54) is 17.8 Å². The van der Waals surface area contributed by atoms with Gasteiger partial charge in [0.15, 0.2) is 0 Å². The van der Waals surface area contributed by atoms with E-state index in [1.807, 2.05) is 0 Å². The van der Waals surface area contributed by atoms with Gasteiger partial charge in [-0.3, -0.25) is 4.79 Å². The molecule has 0 aliphatic carbocycles. The van der Waals surface area contributed by atoms with Gasteiger partial charge in [-0.1, -0.05) is 6.07 Å². The Hall–Kier alpha value is -0.870. The number of benzene rings is 1. The predicted octanol–water partition coefficient (Wildman–Crippen LogP) is 2.91. The zero-order chi connectivity index (χ0) is 11.4. The normalized spacial score (nSPS) is 19.9. The van der Waals surface area contributed by atoms with Crippen LogP contribution < -0.4 is 0 Å². The summed E-state index contributed by atoms with van der Waals surface area (Å²) < 4.78 is 19.0. The van der Waals surface area contributed by atoms with Crippen molar-refractivity contribution in [1.29, 1.82) is 0 Å². The van der Waals surface area contributed by atoms with Crippen LogP contribution in [0.1, 0.15) is 23.2 Å². The van der Waals surface area contributed by atoms with Crippen molar-refractivity contribution in [2.24, 2.45) is 0 Å². The molecular formula is C12H13FO2S. The SMILES string of the molecule is O=Cc1ccc(SCC2CCCO2)c(F)c1. The Bertz CT molecular complexity index is 375. The molecule has 86 valence electrons. The summed E-state index contributed by atoms with van der Waals surface area (Å²) >= 11 is 1.45. The van der Waals surface area contributed by atoms with Crippen LogP contribution in [-0.2, 0) is 4.74 Å². The highest BCUT2D eigenvalue weighted by Crippen LogP contribution is 2.26. The number of thioether (sulfide) groups is 1. The highest BCUT2D eigenvalue weighted by molar-refractivity contribution is 7.99. The molecule has 0 radical (unpaired) electrons. The van der Waals surface area contributed by atoms with Crippen LogP contribution in [0, 0.1) is 5.82 Å². The molecule has 0 spiro atoms. The summed E-state index contributed by atoms with van der Waals surface area (Å²) in [6, 6.07) is 4.55. The Morgan fingerprint density at radius 2 is 2.44 bits per heavy atom. The number of aldehydes is 1. The fourth-order valence-electron chi connectivity index (χ4n) is 1.67. The van der Waals surface area contributed by atoms with Gasteiger partial charge in [-0.2, -0.15) is 0 Å². The Kier molecular flexibility index (Phi) is 3.96. The molecule has 1 aliphatic heterocycles. The van der Waals surface area contributed by atoms with Crippen molar-refractivity contribution in [2.75, 3.05) is 12.4 Å². The van der Waals surface area contributed by atoms with Gasteiger partial charge in [0, 0.05) is 22.8 Å². The van der Waals surface area contributed by atoms with E-state index < -0.39 is 0 Å². The fraction of sp³-hybridized carbons (Fsp3) is 0.417. The maximum absolute atomic E-state index is 13.5. The van der Waals surface area contributed by atoms with Gasteiger partial charge in [0.2, 0.25) is 0 Å². The number of carbonyl (C=O) groups excluding carboxylic acids is 1. The summed E-state index contributed by atoms with van der Waals surface area (Å²) in [6.07, 6.45) is 3.05. The Morgan fingerprint density at radius 1 is 1.56 bits per heavy atom. The number of halogens is 1. The molecule has 1 unspecified atom stereocenters. The van der Waals surface area contributed by atoms with Crippen molar-refractivity contribution >= 4 is 18.0 Å². The first-order chi connectivity index (χ1) is 7.79. The van der Waals surface area contributed by atoms with Crippen molar-refractivity contribution in [3.63, 3.8) is 0 Å². The maximum Gasteiger partial charge on any atom is 0.150 e. The average molecular weight is 240 g/mol. The number of hydrogen-bond donors (Lipinski definition) is 0. The fourth-order valence-corrected chi connectivity index (χ4v) is 2.66. The molecular weight excluding hydrogens is 227 g/mol. The van der Waals surface area contributed by atoms with Crippen LogP contribution in [0.3, 0.4) is 0 Å². The summed E-state index contributed by atoms with van der Waals surface area (Å²) in [5, 5.41) is 0. The van der Waals surface area contributed by atoms with E-state index in [9.17, 15) is 9.18 Å². The quantitative estimate of drug-likeness (QED) is 0.598. The van der Waals surface area contributed by atoms with Crippen LogP contribution in [-0.4, -0.2) is 24.7 Å². The largest absolute Gasteiger partial charge is 0.377 e. The lowest BCUT2D eigenvalue weighted by molar-refractivity contribution is 0.112. The molecule has 0 saturated carbocycles. The molecule has 16 heavy (non-hydrogen) atoms. The third-order valence-corrected chi connectivity index (χ3v) is 3.72. The van der Waals surface area contributed by atoms with E-state index in [1.54, 1.807) is 12.1 Å². The molecule has 0 N–H and O–H groups in total. The average Bonchev–Trinajstić information content (AvgIpc) is 2.80. The van der Waals surface area contributed by atoms with Crippen molar-refractivity contribution < 1.29 is 13.9 Å². The Morgan fingerprint density at radius 3 is 3.06 bits per heavy atom. The third-order valence-electron chi connectivity index (χ3n) is 2.54. The van der Waals surface area contributed by atoms with Gasteiger partial charge in [-0.05, 0) is 25.0 Å². The standard InChI is InChI=1S/C12H13FO2S/c13-11-6-9(7-14)3-4-12(11)16-8-10-2-1-5-15-10/h3-4,6-7,10H,1-2,5,8H2. The van der Waals surface area contributed by atoms with E-state index in [-0.39, 0.29) is 11.9 Å². The van der Waals surface area contributed by atoms with Crippen LogP contribution >= 0.6 is 11.8 Å². The molecule has 4 heteroatoms. The van der Waals surface area contributed by atoms with Gasteiger partial charge in [0.25, 0.3) is 0 Å². The van der Waals surface area contributed by atoms with Crippen molar-refractivity contribution in [1.82, 2.24) is 0 Å². The molecule has 2 nitrogen and oxygen atoms in total. The van der Waals surface area contributed by atoms with Crippen LogP contribution in [0.25, 0.3) is 0 Å². The summed E-state index contributed by atoms with van der Waals surface area (Å²) in [4.78, 5) is 11.0. The van der Waals surface area contributed by atoms with Crippen LogP contribution in [0.2, 0.25) is 0 Å². The molecule has 1 aromatic carbocycles. The zero-order valence-electron chi connectivity index (χ0n) is 8.82. The van der Waals surface area contributed by atoms with Gasteiger partial charge < -0.3 is 4.74 Å². The Labute approximate surface area is 98.2 Å². The molecule has 0 amide bonds. The molecule has 0 bridgehead atoms. The molecule has 1 fully saturated rings. The maximum atomic E-state index is 13.5. The van der Waals surface area contributed by atoms with Crippen molar-refractivity contribution in [2.45, 2.75) is 23.8 Å². The van der Waals surface area contributed by atoms with Gasteiger partial charge >= 0.3 is 0 Å². The molecule has 1 heterocycles. The number of hydrogen-bond acceptors (Lipinski definition) is 3. The van der Waals surface area contributed by atoms with Crippen LogP contribution in [0.5, 0.6) is 0 Å². The highest BCUT2D eigenvalue weighted by Gasteiger charge is 2.16. The van der Waals surface area contributed by atoms with E-state index in [0.717, 1.165) is 25.2 Å². The smallest absolute Gasteiger partial charge is 0.150 e. The van der Waals surface area contributed by atoms with Gasteiger partial charge in [0.1, 0.15) is 12.1 Å². The van der Waals surface area contributed by atoms with Crippen molar-refractivity contribution in [3.05, 3.63) is 29.6 Å². The second-order valence-electron chi connectivity index (χ2n) is 3.75. The lowest BCUT2D eigenvalue weighted by Crippen LogP contribution is -2.07. The predicted molar refractivity (Wildman–Crippen MR) is 61.5 cm³/mol. The summed E-state index contributed by atoms with van der Waals surface area (Å²) in [7, 11) is 0. The second-order valence-corrected chi connectivity index (χ2v) is 4.82. The van der Waals surface area contributed by atoms with Gasteiger partial charge in [0.05, 0.1) is 6.10 Å². The highest BCUT2D eigenvalue weighted by atomic mass is 32.2. The summed E-state index contributed by atoms with van der Waals surface area (Å²) in [5.74, 6) is 0.449.